The molecule has 25 heavy (non-hydrogen) atoms. The molecule has 0 spiro atoms. The van der Waals surface area contributed by atoms with Crippen LogP contribution in [0.25, 0.3) is 17.1 Å². The van der Waals surface area contributed by atoms with E-state index in [4.69, 9.17) is 15.0 Å². The second-order valence-electron chi connectivity index (χ2n) is 5.74. The Morgan fingerprint density at radius 3 is 3.00 bits per heavy atom. The number of likely N-dealkylation sites (tertiary alicyclic amines) is 1. The van der Waals surface area contributed by atoms with E-state index in [0.717, 1.165) is 30.6 Å². The van der Waals surface area contributed by atoms with Crippen LogP contribution in [0.4, 0.5) is 0 Å². The molecule has 8 nitrogen and oxygen atoms in total. The Balaban J connectivity index is 1.64. The summed E-state index contributed by atoms with van der Waals surface area (Å²) in [6, 6.07) is 9.41. The van der Waals surface area contributed by atoms with Gasteiger partial charge in [-0.05, 0) is 31.0 Å². The summed E-state index contributed by atoms with van der Waals surface area (Å²) in [5.41, 5.74) is 2.04. The van der Waals surface area contributed by atoms with Crippen LogP contribution in [0.1, 0.15) is 30.3 Å². The Hall–Kier alpha value is -3.65. The second-order valence-corrected chi connectivity index (χ2v) is 5.74. The zero-order valence-corrected chi connectivity index (χ0v) is 13.2. The molecule has 1 aromatic carbocycles. The summed E-state index contributed by atoms with van der Waals surface area (Å²) in [7, 11) is 0. The number of benzene rings is 1. The third-order valence-electron chi connectivity index (χ3n) is 4.19. The third-order valence-corrected chi connectivity index (χ3v) is 4.19. The van der Waals surface area contributed by atoms with Gasteiger partial charge in [0.1, 0.15) is 12.1 Å². The van der Waals surface area contributed by atoms with Crippen LogP contribution < -0.4 is 0 Å². The molecular weight excluding hydrogens is 318 g/mol. The topological polar surface area (TPSA) is 108 Å². The van der Waals surface area contributed by atoms with Crippen molar-refractivity contribution >= 4 is 0 Å². The quantitative estimate of drug-likeness (QED) is 0.678. The first-order valence-electron chi connectivity index (χ1n) is 7.84. The smallest absolute Gasteiger partial charge is 0.258 e. The first-order valence-corrected chi connectivity index (χ1v) is 7.84. The van der Waals surface area contributed by atoms with E-state index in [1.54, 1.807) is 15.8 Å². The van der Waals surface area contributed by atoms with Crippen molar-refractivity contribution < 1.29 is 4.52 Å². The molecule has 3 aromatic rings. The highest BCUT2D eigenvalue weighted by Crippen LogP contribution is 2.30. The van der Waals surface area contributed by atoms with Gasteiger partial charge in [0.05, 0.1) is 17.4 Å². The highest BCUT2D eigenvalue weighted by molar-refractivity contribution is 5.57. The Labute approximate surface area is 143 Å². The fourth-order valence-electron chi connectivity index (χ4n) is 2.95. The second kappa shape index (κ2) is 6.10. The molecule has 2 aromatic heterocycles. The van der Waals surface area contributed by atoms with E-state index >= 15 is 0 Å². The molecule has 1 fully saturated rings. The highest BCUT2D eigenvalue weighted by Gasteiger charge is 2.29. The van der Waals surface area contributed by atoms with Crippen molar-refractivity contribution in [1.82, 2.24) is 24.8 Å². The maximum Gasteiger partial charge on any atom is 0.258 e. The molecule has 0 saturated carbocycles. The number of hydrogen-bond acceptors (Lipinski definition) is 7. The largest absolute Gasteiger partial charge is 0.334 e. The summed E-state index contributed by atoms with van der Waals surface area (Å²) < 4.78 is 7.01. The minimum atomic E-state index is -0.116. The van der Waals surface area contributed by atoms with Crippen LogP contribution in [-0.2, 0) is 0 Å². The first kappa shape index (κ1) is 14.9. The fraction of sp³-hybridized carbons (Fsp3) is 0.235. The van der Waals surface area contributed by atoms with Crippen molar-refractivity contribution in [2.45, 2.75) is 18.9 Å². The molecule has 0 bridgehead atoms. The Kier molecular flexibility index (Phi) is 3.64. The van der Waals surface area contributed by atoms with Crippen molar-refractivity contribution in [3.63, 3.8) is 0 Å². The van der Waals surface area contributed by atoms with Gasteiger partial charge in [0.25, 0.3) is 5.89 Å². The molecule has 0 N–H and O–H groups in total. The number of rotatable bonds is 3. The lowest BCUT2D eigenvalue weighted by atomic mass is 10.2. The third kappa shape index (κ3) is 2.70. The maximum absolute atomic E-state index is 9.16. The predicted octanol–water partition coefficient (Wildman–Crippen LogP) is 2.41. The predicted molar refractivity (Wildman–Crippen MR) is 85.9 cm³/mol. The molecule has 1 aliphatic heterocycles. The molecule has 0 unspecified atom stereocenters. The molecule has 1 atom stereocenters. The van der Waals surface area contributed by atoms with E-state index in [1.165, 1.54) is 6.20 Å². The fourth-order valence-corrected chi connectivity index (χ4v) is 2.95. The minimum Gasteiger partial charge on any atom is -0.334 e. The van der Waals surface area contributed by atoms with Gasteiger partial charge in [-0.25, -0.2) is 4.68 Å². The zero-order valence-electron chi connectivity index (χ0n) is 13.2. The van der Waals surface area contributed by atoms with E-state index in [0.29, 0.717) is 17.3 Å². The van der Waals surface area contributed by atoms with Crippen LogP contribution in [0.3, 0.4) is 0 Å². The van der Waals surface area contributed by atoms with Crippen molar-refractivity contribution in [2.75, 3.05) is 6.54 Å². The van der Waals surface area contributed by atoms with Crippen LogP contribution in [0.2, 0.25) is 0 Å². The van der Waals surface area contributed by atoms with Gasteiger partial charge < -0.3 is 4.52 Å². The summed E-state index contributed by atoms with van der Waals surface area (Å²) in [5.74, 6) is 0.930. The van der Waals surface area contributed by atoms with Crippen LogP contribution in [0, 0.1) is 22.8 Å². The SMILES string of the molecule is N#Cc1cnn(-c2cccc(-c3nc([C@@H]4CCCN4C#N)no3)c2)c1. The molecular formula is C17H13N7O. The molecule has 0 amide bonds. The first-order chi connectivity index (χ1) is 12.3. The molecule has 1 saturated heterocycles. The summed E-state index contributed by atoms with van der Waals surface area (Å²) in [5, 5.41) is 26.3. The van der Waals surface area contributed by atoms with Gasteiger partial charge in [-0.15, -0.1) is 0 Å². The Morgan fingerprint density at radius 2 is 2.20 bits per heavy atom. The average Bonchev–Trinajstić information content (AvgIpc) is 3.41. The van der Waals surface area contributed by atoms with Crippen LogP contribution in [0.15, 0.2) is 41.2 Å². The van der Waals surface area contributed by atoms with Crippen molar-refractivity contribution in [3.8, 4) is 29.4 Å². The van der Waals surface area contributed by atoms with Crippen molar-refractivity contribution in [1.29, 1.82) is 10.5 Å². The number of nitriles is 2. The highest BCUT2D eigenvalue weighted by atomic mass is 16.5. The number of hydrogen-bond donors (Lipinski definition) is 0. The summed E-state index contributed by atoms with van der Waals surface area (Å²) >= 11 is 0. The van der Waals surface area contributed by atoms with E-state index in [-0.39, 0.29) is 6.04 Å². The monoisotopic (exact) mass is 331 g/mol. The van der Waals surface area contributed by atoms with E-state index in [9.17, 15) is 0 Å². The number of aromatic nitrogens is 4. The Morgan fingerprint density at radius 1 is 1.28 bits per heavy atom. The molecule has 0 aliphatic carbocycles. The van der Waals surface area contributed by atoms with Crippen LogP contribution in [-0.4, -0.2) is 31.4 Å². The lowest BCUT2D eigenvalue weighted by Gasteiger charge is -2.13. The zero-order chi connectivity index (χ0) is 17.2. The molecule has 0 radical (unpaired) electrons. The summed E-state index contributed by atoms with van der Waals surface area (Å²) in [4.78, 5) is 6.14. The molecule has 1 aliphatic rings. The lowest BCUT2D eigenvalue weighted by Crippen LogP contribution is -2.17. The van der Waals surface area contributed by atoms with Gasteiger partial charge in [0, 0.05) is 18.3 Å². The van der Waals surface area contributed by atoms with Crippen LogP contribution >= 0.6 is 0 Å². The number of nitrogens with zero attached hydrogens (tertiary/aromatic N) is 7. The minimum absolute atomic E-state index is 0.116. The maximum atomic E-state index is 9.16. The van der Waals surface area contributed by atoms with Gasteiger partial charge in [0.2, 0.25) is 0 Å². The van der Waals surface area contributed by atoms with Gasteiger partial charge >= 0.3 is 0 Å². The standard InChI is InChI=1S/C17H13N7O/c18-8-12-9-20-24(10-12)14-4-1-3-13(7-14)17-21-16(22-25-17)15-5-2-6-23(15)11-19/h1,3-4,7,9-10,15H,2,5-6H2/t15-/m0/s1. The lowest BCUT2D eigenvalue weighted by molar-refractivity contribution is 0.339. The average molecular weight is 331 g/mol. The molecule has 8 heteroatoms. The van der Waals surface area contributed by atoms with E-state index < -0.39 is 0 Å². The summed E-state index contributed by atoms with van der Waals surface area (Å²) in [6.07, 6.45) is 7.12. The molecule has 122 valence electrons. The van der Waals surface area contributed by atoms with Gasteiger partial charge in [0.15, 0.2) is 12.0 Å². The summed E-state index contributed by atoms with van der Waals surface area (Å²) in [6.45, 7) is 0.723. The van der Waals surface area contributed by atoms with Crippen LogP contribution in [0.5, 0.6) is 0 Å². The Bertz CT molecular complexity index is 991. The molecule has 3 heterocycles. The molecule has 4 rings (SSSR count). The van der Waals surface area contributed by atoms with E-state index in [2.05, 4.69) is 27.5 Å². The van der Waals surface area contributed by atoms with Gasteiger partial charge in [-0.3, -0.25) is 4.90 Å². The van der Waals surface area contributed by atoms with Crippen molar-refractivity contribution in [2.24, 2.45) is 0 Å². The van der Waals surface area contributed by atoms with Crippen molar-refractivity contribution in [3.05, 3.63) is 48.0 Å². The van der Waals surface area contributed by atoms with E-state index in [1.807, 2.05) is 24.3 Å². The van der Waals surface area contributed by atoms with Gasteiger partial charge in [-0.2, -0.15) is 20.6 Å². The normalized spacial score (nSPS) is 16.6. The van der Waals surface area contributed by atoms with Gasteiger partial charge in [-0.1, -0.05) is 11.2 Å².